The second-order valence-corrected chi connectivity index (χ2v) is 5.97. The Morgan fingerprint density at radius 2 is 1.92 bits per heavy atom. The zero-order valence-corrected chi connectivity index (χ0v) is 14.5. The molecule has 8 nitrogen and oxygen atoms in total. The summed E-state index contributed by atoms with van der Waals surface area (Å²) in [7, 11) is 1.88. The maximum atomic E-state index is 4.58. The lowest BCUT2D eigenvalue weighted by molar-refractivity contribution is 0.768. The summed E-state index contributed by atoms with van der Waals surface area (Å²) in [6.07, 6.45) is 8.66. The van der Waals surface area contributed by atoms with Gasteiger partial charge in [0, 0.05) is 25.0 Å². The van der Waals surface area contributed by atoms with Crippen LogP contribution in [0.4, 0.5) is 5.95 Å². The lowest BCUT2D eigenvalue weighted by atomic mass is 10.1. The monoisotopic (exact) mass is 346 g/mol. The molecule has 0 spiro atoms. The van der Waals surface area contributed by atoms with Crippen molar-refractivity contribution in [3.05, 3.63) is 67.1 Å². The molecule has 0 saturated heterocycles. The van der Waals surface area contributed by atoms with Gasteiger partial charge in [0.05, 0.1) is 23.6 Å². The number of benzene rings is 1. The highest BCUT2D eigenvalue weighted by atomic mass is 15.3. The van der Waals surface area contributed by atoms with Crippen LogP contribution in [0.15, 0.2) is 61.6 Å². The molecular weight excluding hydrogens is 328 g/mol. The zero-order valence-electron chi connectivity index (χ0n) is 14.5. The second-order valence-electron chi connectivity index (χ2n) is 5.97. The van der Waals surface area contributed by atoms with Crippen molar-refractivity contribution < 1.29 is 0 Å². The molecule has 0 radical (unpaired) electrons. The van der Waals surface area contributed by atoms with E-state index in [9.17, 15) is 0 Å². The zero-order chi connectivity index (χ0) is 17.9. The van der Waals surface area contributed by atoms with Crippen LogP contribution in [0.2, 0.25) is 0 Å². The Morgan fingerprint density at radius 3 is 2.62 bits per heavy atom. The van der Waals surface area contributed by atoms with Crippen LogP contribution in [0.25, 0.3) is 16.9 Å². The molecule has 1 N–H and O–H groups in total. The fourth-order valence-electron chi connectivity index (χ4n) is 2.68. The van der Waals surface area contributed by atoms with E-state index in [1.54, 1.807) is 28.1 Å². The molecule has 130 valence electrons. The van der Waals surface area contributed by atoms with E-state index in [2.05, 4.69) is 49.5 Å². The van der Waals surface area contributed by atoms with Crippen LogP contribution < -0.4 is 5.32 Å². The molecule has 3 aromatic heterocycles. The molecule has 0 aliphatic rings. The van der Waals surface area contributed by atoms with Gasteiger partial charge in [-0.2, -0.15) is 10.2 Å². The maximum absolute atomic E-state index is 4.58. The standard InChI is InChI=1S/C18H18N8/c1-13(14-3-5-16(6-4-14)26-12-19-11-22-26)23-18-20-8-7-17(24-18)15-9-21-25(2)10-15/h3-13H,1-2H3,(H,20,23,24). The van der Waals surface area contributed by atoms with Crippen LogP contribution in [-0.4, -0.2) is 34.5 Å². The largest absolute Gasteiger partial charge is 0.348 e. The number of hydrogen-bond donors (Lipinski definition) is 1. The van der Waals surface area contributed by atoms with Crippen molar-refractivity contribution >= 4 is 5.95 Å². The third-order valence-electron chi connectivity index (χ3n) is 4.08. The molecule has 1 atom stereocenters. The summed E-state index contributed by atoms with van der Waals surface area (Å²) in [5, 5.41) is 11.7. The lowest BCUT2D eigenvalue weighted by Crippen LogP contribution is -2.09. The van der Waals surface area contributed by atoms with Crippen LogP contribution in [0.5, 0.6) is 0 Å². The summed E-state index contributed by atoms with van der Waals surface area (Å²) in [5.74, 6) is 0.583. The normalized spacial score (nSPS) is 12.1. The van der Waals surface area contributed by atoms with Crippen molar-refractivity contribution in [3.8, 4) is 16.9 Å². The van der Waals surface area contributed by atoms with Crippen molar-refractivity contribution in [1.29, 1.82) is 0 Å². The van der Waals surface area contributed by atoms with Crippen LogP contribution in [0.1, 0.15) is 18.5 Å². The highest BCUT2D eigenvalue weighted by molar-refractivity contribution is 5.58. The van der Waals surface area contributed by atoms with Crippen LogP contribution in [0.3, 0.4) is 0 Å². The Morgan fingerprint density at radius 1 is 1.08 bits per heavy atom. The molecule has 0 bridgehead atoms. The Hall–Kier alpha value is -3.55. The Kier molecular flexibility index (Phi) is 4.14. The van der Waals surface area contributed by atoms with Gasteiger partial charge in [-0.05, 0) is 30.7 Å². The SMILES string of the molecule is CC(Nc1nccc(-c2cnn(C)c2)n1)c1ccc(-n2cncn2)cc1. The number of nitrogens with one attached hydrogen (secondary N) is 1. The van der Waals surface area contributed by atoms with Gasteiger partial charge in [0.25, 0.3) is 0 Å². The third kappa shape index (κ3) is 3.30. The molecule has 1 unspecified atom stereocenters. The van der Waals surface area contributed by atoms with E-state index in [-0.39, 0.29) is 6.04 Å². The van der Waals surface area contributed by atoms with Gasteiger partial charge in [-0.15, -0.1) is 0 Å². The first-order valence-corrected chi connectivity index (χ1v) is 8.22. The summed E-state index contributed by atoms with van der Waals surface area (Å²) < 4.78 is 3.48. The van der Waals surface area contributed by atoms with E-state index in [0.717, 1.165) is 22.5 Å². The molecule has 0 aliphatic heterocycles. The van der Waals surface area contributed by atoms with Gasteiger partial charge >= 0.3 is 0 Å². The smallest absolute Gasteiger partial charge is 0.223 e. The fourth-order valence-corrected chi connectivity index (χ4v) is 2.68. The van der Waals surface area contributed by atoms with Gasteiger partial charge in [0.15, 0.2) is 0 Å². The first-order chi connectivity index (χ1) is 12.7. The second kappa shape index (κ2) is 6.75. The van der Waals surface area contributed by atoms with Crippen LogP contribution >= 0.6 is 0 Å². The Bertz CT molecular complexity index is 988. The van der Waals surface area contributed by atoms with Gasteiger partial charge in [-0.25, -0.2) is 19.6 Å². The van der Waals surface area contributed by atoms with Crippen molar-refractivity contribution in [2.45, 2.75) is 13.0 Å². The molecule has 0 aliphatic carbocycles. The van der Waals surface area contributed by atoms with E-state index in [1.165, 1.54) is 6.33 Å². The van der Waals surface area contributed by atoms with Gasteiger partial charge in [-0.3, -0.25) is 4.68 Å². The number of nitrogens with zero attached hydrogens (tertiary/aromatic N) is 7. The first kappa shape index (κ1) is 15.9. The van der Waals surface area contributed by atoms with Gasteiger partial charge in [-0.1, -0.05) is 12.1 Å². The summed E-state index contributed by atoms with van der Waals surface area (Å²) in [5.41, 5.74) is 3.89. The van der Waals surface area contributed by atoms with E-state index < -0.39 is 0 Å². The summed E-state index contributed by atoms with van der Waals surface area (Å²) >= 11 is 0. The molecule has 1 aromatic carbocycles. The quantitative estimate of drug-likeness (QED) is 0.598. The summed E-state index contributed by atoms with van der Waals surface area (Å²) in [4.78, 5) is 12.9. The minimum atomic E-state index is 0.0592. The molecule has 0 saturated carbocycles. The van der Waals surface area contributed by atoms with Gasteiger partial charge in [0.1, 0.15) is 12.7 Å². The number of rotatable bonds is 5. The molecule has 0 amide bonds. The number of anilines is 1. The van der Waals surface area contributed by atoms with Crippen LogP contribution in [0, 0.1) is 0 Å². The van der Waals surface area contributed by atoms with E-state index in [0.29, 0.717) is 5.95 Å². The molecule has 26 heavy (non-hydrogen) atoms. The average molecular weight is 346 g/mol. The molecular formula is C18H18N8. The van der Waals surface area contributed by atoms with E-state index in [1.807, 2.05) is 31.4 Å². The molecule has 4 rings (SSSR count). The highest BCUT2D eigenvalue weighted by Gasteiger charge is 2.09. The fraction of sp³-hybridized carbons (Fsp3) is 0.167. The summed E-state index contributed by atoms with van der Waals surface area (Å²) in [6.45, 7) is 2.07. The molecule has 8 heteroatoms. The Balaban J connectivity index is 1.50. The van der Waals surface area contributed by atoms with E-state index in [4.69, 9.17) is 0 Å². The minimum absolute atomic E-state index is 0.0592. The highest BCUT2D eigenvalue weighted by Crippen LogP contribution is 2.21. The van der Waals surface area contributed by atoms with Gasteiger partial charge in [0.2, 0.25) is 5.95 Å². The minimum Gasteiger partial charge on any atom is -0.348 e. The van der Waals surface area contributed by atoms with Gasteiger partial charge < -0.3 is 5.32 Å². The van der Waals surface area contributed by atoms with E-state index >= 15 is 0 Å². The Labute approximate surface area is 150 Å². The maximum Gasteiger partial charge on any atom is 0.223 e. The molecule has 4 aromatic rings. The number of aromatic nitrogens is 7. The van der Waals surface area contributed by atoms with Crippen LogP contribution in [-0.2, 0) is 7.05 Å². The summed E-state index contributed by atoms with van der Waals surface area (Å²) in [6, 6.07) is 10.1. The predicted molar refractivity (Wildman–Crippen MR) is 97.6 cm³/mol. The first-order valence-electron chi connectivity index (χ1n) is 8.22. The van der Waals surface area contributed by atoms with Crippen molar-refractivity contribution in [3.63, 3.8) is 0 Å². The van der Waals surface area contributed by atoms with Crippen molar-refractivity contribution in [2.75, 3.05) is 5.32 Å². The lowest BCUT2D eigenvalue weighted by Gasteiger charge is -2.15. The number of aryl methyl sites for hydroxylation is 1. The topological polar surface area (TPSA) is 86.3 Å². The van der Waals surface area contributed by atoms with Crippen molar-refractivity contribution in [2.24, 2.45) is 7.05 Å². The molecule has 3 heterocycles. The average Bonchev–Trinajstić information content (AvgIpc) is 3.34. The molecule has 0 fully saturated rings. The predicted octanol–water partition coefficient (Wildman–Crippen LogP) is 2.63. The third-order valence-corrected chi connectivity index (χ3v) is 4.08. The number of hydrogen-bond acceptors (Lipinski definition) is 6. The van der Waals surface area contributed by atoms with Crippen molar-refractivity contribution in [1.82, 2.24) is 34.5 Å².